The second-order valence-corrected chi connectivity index (χ2v) is 8.41. The van der Waals surface area contributed by atoms with Gasteiger partial charge in [0.15, 0.2) is 0 Å². The molecule has 4 fully saturated rings. The van der Waals surface area contributed by atoms with Gasteiger partial charge < -0.3 is 14.8 Å². The third-order valence-electron chi connectivity index (χ3n) is 6.49. The number of H-pyrrole nitrogens is 1. The summed E-state index contributed by atoms with van der Waals surface area (Å²) in [6.07, 6.45) is 5.58. The lowest BCUT2D eigenvalue weighted by molar-refractivity contribution is -0.141. The monoisotopic (exact) mass is 372 g/mol. The standard InChI is InChI=1S/C20H28N4O3/c1-12-17(19(26)22-13(2)21-12)8-18(25)23-10-15-6-7-16(11-23)24(20(15)27)9-14-4-3-5-14/h14-16H,3-11H2,1-2H3,(H,21,22,26)/t15-,16+/m1/s1. The number of fused-ring (bicyclic) bond motifs is 4. The van der Waals surface area contributed by atoms with Gasteiger partial charge in [-0.15, -0.1) is 0 Å². The van der Waals surface area contributed by atoms with E-state index in [4.69, 9.17) is 0 Å². The summed E-state index contributed by atoms with van der Waals surface area (Å²) in [6, 6.07) is 0.122. The molecule has 5 rings (SSSR count). The summed E-state index contributed by atoms with van der Waals surface area (Å²) < 4.78 is 0. The number of aryl methyl sites for hydroxylation is 2. The van der Waals surface area contributed by atoms with Crippen LogP contribution in [0, 0.1) is 25.7 Å². The van der Waals surface area contributed by atoms with Gasteiger partial charge in [-0.1, -0.05) is 6.42 Å². The van der Waals surface area contributed by atoms with E-state index < -0.39 is 0 Å². The maximum absolute atomic E-state index is 12.9. The number of hydrogen-bond acceptors (Lipinski definition) is 4. The smallest absolute Gasteiger partial charge is 0.254 e. The van der Waals surface area contributed by atoms with Crippen molar-refractivity contribution in [1.29, 1.82) is 0 Å². The summed E-state index contributed by atoms with van der Waals surface area (Å²) in [7, 11) is 0. The molecule has 7 nitrogen and oxygen atoms in total. The number of carbonyl (C=O) groups excluding carboxylic acids is 2. The Kier molecular flexibility index (Phi) is 4.78. The molecule has 2 atom stereocenters. The van der Waals surface area contributed by atoms with Gasteiger partial charge in [-0.25, -0.2) is 4.98 Å². The van der Waals surface area contributed by atoms with Crippen LogP contribution in [0.1, 0.15) is 49.2 Å². The van der Waals surface area contributed by atoms with Crippen LogP contribution in [0.4, 0.5) is 0 Å². The molecule has 1 aliphatic carbocycles. The highest BCUT2D eigenvalue weighted by molar-refractivity contribution is 5.84. The van der Waals surface area contributed by atoms with Crippen molar-refractivity contribution in [3.8, 4) is 0 Å². The SMILES string of the molecule is Cc1nc(C)c(CC(=O)N2C[C@H]3CC[C@@H](C2)N(CC2CCC2)C3=O)c(=O)[nH]1. The summed E-state index contributed by atoms with van der Waals surface area (Å²) >= 11 is 0. The van der Waals surface area contributed by atoms with Crippen molar-refractivity contribution in [2.75, 3.05) is 19.6 Å². The van der Waals surface area contributed by atoms with Crippen LogP contribution < -0.4 is 5.56 Å². The number of rotatable bonds is 4. The third kappa shape index (κ3) is 3.51. The Balaban J connectivity index is 1.49. The van der Waals surface area contributed by atoms with Gasteiger partial charge in [0.2, 0.25) is 11.8 Å². The Labute approximate surface area is 159 Å². The predicted molar refractivity (Wildman–Crippen MR) is 100 cm³/mol. The van der Waals surface area contributed by atoms with Gasteiger partial charge in [0.25, 0.3) is 5.56 Å². The molecule has 7 heteroatoms. The molecule has 0 unspecified atom stereocenters. The minimum Gasteiger partial charge on any atom is -0.340 e. The third-order valence-corrected chi connectivity index (χ3v) is 6.49. The Morgan fingerprint density at radius 2 is 1.93 bits per heavy atom. The van der Waals surface area contributed by atoms with Crippen molar-refractivity contribution in [3.05, 3.63) is 27.4 Å². The number of amides is 2. The van der Waals surface area contributed by atoms with E-state index in [1.165, 1.54) is 19.3 Å². The molecule has 0 radical (unpaired) electrons. The van der Waals surface area contributed by atoms with E-state index in [-0.39, 0.29) is 35.8 Å². The molecule has 1 aromatic rings. The average Bonchev–Trinajstić information content (AvgIpc) is 2.86. The van der Waals surface area contributed by atoms with Gasteiger partial charge >= 0.3 is 0 Å². The number of piperidine rings is 1. The van der Waals surface area contributed by atoms with Gasteiger partial charge in [-0.05, 0) is 45.4 Å². The van der Waals surface area contributed by atoms with Gasteiger partial charge in [0.05, 0.1) is 12.3 Å². The molecule has 0 spiro atoms. The summed E-state index contributed by atoms with van der Waals surface area (Å²) in [5.41, 5.74) is 0.791. The Hall–Kier alpha value is -2.18. The number of carbonyl (C=O) groups is 2. The molecule has 0 aromatic carbocycles. The fourth-order valence-corrected chi connectivity index (χ4v) is 4.66. The fraction of sp³-hybridized carbons (Fsp3) is 0.700. The van der Waals surface area contributed by atoms with Crippen LogP contribution in [-0.2, 0) is 16.0 Å². The molecule has 27 heavy (non-hydrogen) atoms. The minimum atomic E-state index is -0.242. The highest BCUT2D eigenvalue weighted by atomic mass is 16.2. The average molecular weight is 372 g/mol. The van der Waals surface area contributed by atoms with E-state index in [0.717, 1.165) is 19.4 Å². The van der Waals surface area contributed by atoms with Crippen LogP contribution in [0.25, 0.3) is 0 Å². The zero-order valence-electron chi connectivity index (χ0n) is 16.2. The minimum absolute atomic E-state index is 0.0463. The van der Waals surface area contributed by atoms with Crippen LogP contribution in [-0.4, -0.2) is 57.3 Å². The lowest BCUT2D eigenvalue weighted by Crippen LogP contribution is -2.50. The molecule has 4 aliphatic rings. The van der Waals surface area contributed by atoms with Gasteiger partial charge in [-0.2, -0.15) is 0 Å². The van der Waals surface area contributed by atoms with Gasteiger partial charge in [0, 0.05) is 36.9 Å². The molecule has 3 saturated heterocycles. The second-order valence-electron chi connectivity index (χ2n) is 8.41. The summed E-state index contributed by atoms with van der Waals surface area (Å²) in [5.74, 6) is 1.24. The molecular weight excluding hydrogens is 344 g/mol. The molecule has 3 aliphatic heterocycles. The quantitative estimate of drug-likeness (QED) is 0.860. The Morgan fingerprint density at radius 3 is 2.59 bits per heavy atom. The number of hydrogen-bond donors (Lipinski definition) is 1. The van der Waals surface area contributed by atoms with Crippen molar-refractivity contribution in [1.82, 2.24) is 19.8 Å². The molecule has 1 N–H and O–H groups in total. The van der Waals surface area contributed by atoms with Crippen molar-refractivity contribution in [2.45, 2.75) is 58.4 Å². The summed E-state index contributed by atoms with van der Waals surface area (Å²) in [4.78, 5) is 48.9. The molecule has 2 amide bonds. The van der Waals surface area contributed by atoms with E-state index in [0.29, 0.717) is 36.1 Å². The van der Waals surface area contributed by atoms with Crippen LogP contribution in [0.5, 0.6) is 0 Å². The first-order chi connectivity index (χ1) is 12.9. The number of nitrogens with one attached hydrogen (secondary N) is 1. The fourth-order valence-electron chi connectivity index (χ4n) is 4.66. The first-order valence-corrected chi connectivity index (χ1v) is 10.1. The van der Waals surface area contributed by atoms with Gasteiger partial charge in [0.1, 0.15) is 5.82 Å². The maximum Gasteiger partial charge on any atom is 0.254 e. The first-order valence-electron chi connectivity index (χ1n) is 10.1. The van der Waals surface area contributed by atoms with Crippen molar-refractivity contribution in [2.24, 2.45) is 11.8 Å². The first kappa shape index (κ1) is 18.2. The number of aromatic nitrogens is 2. The van der Waals surface area contributed by atoms with Crippen LogP contribution in [0.15, 0.2) is 4.79 Å². The van der Waals surface area contributed by atoms with Crippen LogP contribution in [0.3, 0.4) is 0 Å². The molecule has 1 aromatic heterocycles. The van der Waals surface area contributed by atoms with E-state index in [2.05, 4.69) is 14.9 Å². The molecule has 2 bridgehead atoms. The van der Waals surface area contributed by atoms with Crippen molar-refractivity contribution < 1.29 is 9.59 Å². The zero-order valence-corrected chi connectivity index (χ0v) is 16.2. The number of aromatic amines is 1. The van der Waals surface area contributed by atoms with Crippen molar-refractivity contribution >= 4 is 11.8 Å². The molecule has 146 valence electrons. The summed E-state index contributed by atoms with van der Waals surface area (Å²) in [6.45, 7) is 5.41. The van der Waals surface area contributed by atoms with Crippen molar-refractivity contribution in [3.63, 3.8) is 0 Å². The lowest BCUT2D eigenvalue weighted by Gasteiger charge is -2.40. The van der Waals surface area contributed by atoms with Gasteiger partial charge in [-0.3, -0.25) is 14.4 Å². The predicted octanol–water partition coefficient (Wildman–Crippen LogP) is 1.18. The zero-order chi connectivity index (χ0) is 19.1. The van der Waals surface area contributed by atoms with E-state index in [1.54, 1.807) is 18.7 Å². The summed E-state index contributed by atoms with van der Waals surface area (Å²) in [5, 5.41) is 0. The molecule has 4 heterocycles. The van der Waals surface area contributed by atoms with Crippen LogP contribution in [0.2, 0.25) is 0 Å². The van der Waals surface area contributed by atoms with E-state index >= 15 is 0 Å². The van der Waals surface area contributed by atoms with Crippen LogP contribution >= 0.6 is 0 Å². The largest absolute Gasteiger partial charge is 0.340 e. The normalized spacial score (nSPS) is 25.5. The highest BCUT2D eigenvalue weighted by Gasteiger charge is 2.42. The molecular formula is C20H28N4O3. The lowest BCUT2D eigenvalue weighted by atomic mass is 9.83. The Morgan fingerprint density at radius 1 is 1.15 bits per heavy atom. The maximum atomic E-state index is 12.9. The second kappa shape index (κ2) is 7.09. The van der Waals surface area contributed by atoms with E-state index in [1.807, 2.05) is 0 Å². The van der Waals surface area contributed by atoms with E-state index in [9.17, 15) is 14.4 Å². The molecule has 1 saturated carbocycles. The topological polar surface area (TPSA) is 86.4 Å². The Bertz CT molecular complexity index is 814. The number of nitrogens with zero attached hydrogens (tertiary/aromatic N) is 3. The highest BCUT2D eigenvalue weighted by Crippen LogP contribution is 2.34.